The van der Waals surface area contributed by atoms with Crippen LogP contribution in [0.4, 0.5) is 0 Å². The molecule has 1 unspecified atom stereocenters. The molecule has 0 aliphatic rings. The van der Waals surface area contributed by atoms with E-state index in [1.807, 2.05) is 12.1 Å². The first-order valence-electron chi connectivity index (χ1n) is 6.94. The number of phenols is 3. The van der Waals surface area contributed by atoms with Crippen LogP contribution in [-0.2, 0) is 6.42 Å². The summed E-state index contributed by atoms with van der Waals surface area (Å²) in [6, 6.07) is 11.4. The van der Waals surface area contributed by atoms with Crippen molar-refractivity contribution >= 4 is 6.08 Å². The Morgan fingerprint density at radius 1 is 0.955 bits per heavy atom. The number of aliphatic hydroxyl groups is 1. The van der Waals surface area contributed by atoms with Gasteiger partial charge in [0.05, 0.1) is 0 Å². The van der Waals surface area contributed by atoms with Gasteiger partial charge in [-0.1, -0.05) is 24.3 Å². The van der Waals surface area contributed by atoms with Crippen molar-refractivity contribution < 1.29 is 20.4 Å². The van der Waals surface area contributed by atoms with Crippen molar-refractivity contribution in [3.63, 3.8) is 0 Å². The lowest BCUT2D eigenvalue weighted by molar-refractivity contribution is 0.186. The highest BCUT2D eigenvalue weighted by Gasteiger charge is 2.01. The van der Waals surface area contributed by atoms with Crippen molar-refractivity contribution in [2.75, 3.05) is 6.54 Å². The van der Waals surface area contributed by atoms with Gasteiger partial charge in [-0.15, -0.1) is 0 Å². The van der Waals surface area contributed by atoms with E-state index in [-0.39, 0.29) is 17.2 Å². The second-order valence-corrected chi connectivity index (χ2v) is 4.92. The van der Waals surface area contributed by atoms with E-state index in [0.29, 0.717) is 12.1 Å². The van der Waals surface area contributed by atoms with Crippen molar-refractivity contribution in [3.05, 3.63) is 59.7 Å². The van der Waals surface area contributed by atoms with Crippen LogP contribution in [0, 0.1) is 0 Å². The van der Waals surface area contributed by atoms with Crippen molar-refractivity contribution in [2.45, 2.75) is 12.6 Å². The Bertz CT molecular complexity index is 638. The van der Waals surface area contributed by atoms with Gasteiger partial charge in [0.2, 0.25) is 0 Å². The van der Waals surface area contributed by atoms with Crippen LogP contribution in [0.15, 0.2) is 48.5 Å². The molecule has 2 rings (SSSR count). The molecule has 5 heteroatoms. The van der Waals surface area contributed by atoms with Gasteiger partial charge in [0.1, 0.15) is 12.0 Å². The molecule has 22 heavy (non-hydrogen) atoms. The minimum atomic E-state index is -0.812. The van der Waals surface area contributed by atoms with Crippen LogP contribution < -0.4 is 5.32 Å². The fourth-order valence-corrected chi connectivity index (χ4v) is 1.94. The number of aromatic hydroxyl groups is 3. The van der Waals surface area contributed by atoms with E-state index in [4.69, 9.17) is 0 Å². The Labute approximate surface area is 128 Å². The summed E-state index contributed by atoms with van der Waals surface area (Å²) in [5.41, 5.74) is 1.74. The smallest absolute Gasteiger partial charge is 0.157 e. The Kier molecular flexibility index (Phi) is 5.41. The molecular formula is C17H19NO4. The SMILES string of the molecule is Oc1ccc(CCNC(O)/C=C/c2ccc(O)c(O)c2)cc1. The molecule has 0 heterocycles. The second kappa shape index (κ2) is 7.49. The topological polar surface area (TPSA) is 93.0 Å². The third kappa shape index (κ3) is 4.80. The summed E-state index contributed by atoms with van der Waals surface area (Å²) in [7, 11) is 0. The van der Waals surface area contributed by atoms with Gasteiger partial charge in [0, 0.05) is 6.54 Å². The van der Waals surface area contributed by atoms with Gasteiger partial charge in [0.25, 0.3) is 0 Å². The third-order valence-corrected chi connectivity index (χ3v) is 3.17. The van der Waals surface area contributed by atoms with Crippen LogP contribution in [0.3, 0.4) is 0 Å². The number of benzene rings is 2. The Balaban J connectivity index is 1.79. The summed E-state index contributed by atoms with van der Waals surface area (Å²) >= 11 is 0. The number of hydrogen-bond donors (Lipinski definition) is 5. The molecule has 0 aliphatic carbocycles. The molecule has 2 aromatic carbocycles. The summed E-state index contributed by atoms with van der Waals surface area (Å²) in [6.45, 7) is 0.580. The van der Waals surface area contributed by atoms with Crippen molar-refractivity contribution in [1.29, 1.82) is 0 Å². The minimum absolute atomic E-state index is 0.176. The zero-order valence-electron chi connectivity index (χ0n) is 12.0. The lowest BCUT2D eigenvalue weighted by atomic mass is 10.1. The minimum Gasteiger partial charge on any atom is -0.508 e. The monoisotopic (exact) mass is 301 g/mol. The largest absolute Gasteiger partial charge is 0.508 e. The van der Waals surface area contributed by atoms with E-state index in [1.54, 1.807) is 30.4 Å². The average molecular weight is 301 g/mol. The van der Waals surface area contributed by atoms with E-state index in [1.165, 1.54) is 12.1 Å². The van der Waals surface area contributed by atoms with Gasteiger partial charge in [-0.3, -0.25) is 5.32 Å². The summed E-state index contributed by atoms with van der Waals surface area (Å²) in [6.07, 6.45) is 3.12. The molecule has 5 N–H and O–H groups in total. The van der Waals surface area contributed by atoms with Gasteiger partial charge in [-0.25, -0.2) is 0 Å². The van der Waals surface area contributed by atoms with Gasteiger partial charge in [-0.05, 0) is 47.9 Å². The maximum Gasteiger partial charge on any atom is 0.157 e. The maximum absolute atomic E-state index is 9.81. The predicted molar refractivity (Wildman–Crippen MR) is 84.6 cm³/mol. The standard InChI is InChI=1S/C17H19NO4/c19-14-5-1-12(2-6-14)9-10-18-17(22)8-4-13-3-7-15(20)16(21)11-13/h1-8,11,17-22H,9-10H2/b8-4+. The zero-order valence-corrected chi connectivity index (χ0v) is 12.0. The molecule has 2 aromatic rings. The lowest BCUT2D eigenvalue weighted by Crippen LogP contribution is -2.28. The van der Waals surface area contributed by atoms with Crippen molar-refractivity contribution in [1.82, 2.24) is 5.32 Å². The predicted octanol–water partition coefficient (Wildman–Crippen LogP) is 1.97. The normalized spacial score (nSPS) is 12.6. The summed E-state index contributed by atoms with van der Waals surface area (Å²) in [5, 5.41) is 40.5. The number of nitrogens with one attached hydrogen (secondary N) is 1. The number of phenolic OH excluding ortho intramolecular Hbond substituents is 3. The summed E-state index contributed by atoms with van der Waals surface area (Å²) in [4.78, 5) is 0. The molecule has 1 atom stereocenters. The van der Waals surface area contributed by atoms with E-state index < -0.39 is 6.23 Å². The Hall–Kier alpha value is -2.50. The Morgan fingerprint density at radius 2 is 1.68 bits per heavy atom. The number of aliphatic hydroxyl groups excluding tert-OH is 1. The Morgan fingerprint density at radius 3 is 2.36 bits per heavy atom. The van der Waals surface area contributed by atoms with Gasteiger partial charge in [-0.2, -0.15) is 0 Å². The molecule has 0 saturated carbocycles. The van der Waals surface area contributed by atoms with E-state index in [0.717, 1.165) is 12.0 Å². The van der Waals surface area contributed by atoms with Crippen molar-refractivity contribution in [3.8, 4) is 17.2 Å². The van der Waals surface area contributed by atoms with Crippen LogP contribution in [0.1, 0.15) is 11.1 Å². The molecule has 0 amide bonds. The van der Waals surface area contributed by atoms with Gasteiger partial charge in [0.15, 0.2) is 11.5 Å². The molecule has 0 saturated heterocycles. The number of rotatable bonds is 6. The van der Waals surface area contributed by atoms with Crippen LogP contribution >= 0.6 is 0 Å². The first-order valence-corrected chi connectivity index (χ1v) is 6.94. The highest BCUT2D eigenvalue weighted by atomic mass is 16.3. The van der Waals surface area contributed by atoms with Crippen LogP contribution in [0.5, 0.6) is 17.2 Å². The summed E-state index contributed by atoms with van der Waals surface area (Å²) < 4.78 is 0. The van der Waals surface area contributed by atoms with E-state index in [2.05, 4.69) is 5.32 Å². The molecule has 116 valence electrons. The number of hydrogen-bond acceptors (Lipinski definition) is 5. The zero-order chi connectivity index (χ0) is 15.9. The second-order valence-electron chi connectivity index (χ2n) is 4.92. The highest BCUT2D eigenvalue weighted by molar-refractivity contribution is 5.55. The first kappa shape index (κ1) is 15.9. The fourth-order valence-electron chi connectivity index (χ4n) is 1.94. The molecular weight excluding hydrogens is 282 g/mol. The molecule has 5 nitrogen and oxygen atoms in total. The molecule has 0 fully saturated rings. The maximum atomic E-state index is 9.81. The van der Waals surface area contributed by atoms with Crippen LogP contribution in [0.25, 0.3) is 6.08 Å². The first-order chi connectivity index (χ1) is 10.5. The van der Waals surface area contributed by atoms with Gasteiger partial charge >= 0.3 is 0 Å². The molecule has 0 radical (unpaired) electrons. The molecule has 0 aromatic heterocycles. The molecule has 0 bridgehead atoms. The lowest BCUT2D eigenvalue weighted by Gasteiger charge is -2.09. The third-order valence-electron chi connectivity index (χ3n) is 3.17. The van der Waals surface area contributed by atoms with Crippen LogP contribution in [-0.4, -0.2) is 33.2 Å². The van der Waals surface area contributed by atoms with E-state index >= 15 is 0 Å². The fraction of sp³-hybridized carbons (Fsp3) is 0.176. The molecule has 0 aliphatic heterocycles. The molecule has 0 spiro atoms. The average Bonchev–Trinajstić information content (AvgIpc) is 2.50. The van der Waals surface area contributed by atoms with Gasteiger partial charge < -0.3 is 20.4 Å². The highest BCUT2D eigenvalue weighted by Crippen LogP contribution is 2.25. The van der Waals surface area contributed by atoms with Crippen LogP contribution in [0.2, 0.25) is 0 Å². The van der Waals surface area contributed by atoms with Crippen molar-refractivity contribution in [2.24, 2.45) is 0 Å². The van der Waals surface area contributed by atoms with E-state index in [9.17, 15) is 20.4 Å². The summed E-state index contributed by atoms with van der Waals surface area (Å²) in [5.74, 6) is -0.140. The quantitative estimate of drug-likeness (QED) is 0.415.